The fraction of sp³-hybridized carbons (Fsp3) is 0.294. The van der Waals surface area contributed by atoms with E-state index in [0.717, 1.165) is 10.9 Å². The molecule has 0 aliphatic heterocycles. The zero-order valence-electron chi connectivity index (χ0n) is 13.1. The molecule has 0 aliphatic rings. The lowest BCUT2D eigenvalue weighted by molar-refractivity contribution is -0.139. The lowest BCUT2D eigenvalue weighted by Crippen LogP contribution is -2.03. The quantitative estimate of drug-likeness (QED) is 0.745. The van der Waals surface area contributed by atoms with Crippen LogP contribution in [0.2, 0.25) is 0 Å². The van der Waals surface area contributed by atoms with Gasteiger partial charge in [-0.05, 0) is 37.6 Å². The van der Waals surface area contributed by atoms with E-state index in [4.69, 9.17) is 8.94 Å². The van der Waals surface area contributed by atoms with Crippen LogP contribution in [-0.4, -0.2) is 23.3 Å². The molecule has 1 atom stereocenters. The van der Waals surface area contributed by atoms with Crippen LogP contribution >= 0.6 is 0 Å². The number of aliphatic hydroxyl groups is 1. The molecule has 2 aromatic heterocycles. The Morgan fingerprint density at radius 2 is 2.13 bits per heavy atom. The van der Waals surface area contributed by atoms with Gasteiger partial charge in [0.05, 0.1) is 24.8 Å². The molecule has 6 nitrogen and oxygen atoms in total. The Morgan fingerprint density at radius 1 is 1.35 bits per heavy atom. The molecule has 3 aromatic rings. The maximum absolute atomic E-state index is 11.4. The fourth-order valence-corrected chi connectivity index (χ4v) is 2.62. The van der Waals surface area contributed by atoms with Crippen molar-refractivity contribution in [3.8, 4) is 0 Å². The smallest absolute Gasteiger partial charge is 0.309 e. The molecule has 1 aromatic carbocycles. The summed E-state index contributed by atoms with van der Waals surface area (Å²) in [6, 6.07) is 7.18. The topological polar surface area (TPSA) is 85.7 Å². The first kappa shape index (κ1) is 15.3. The molecular weight excluding hydrogens is 298 g/mol. The largest absolute Gasteiger partial charge is 0.469 e. The van der Waals surface area contributed by atoms with E-state index in [2.05, 4.69) is 9.89 Å². The molecular formula is C17H17NO5. The molecule has 2 heterocycles. The number of hydrogen-bond donors (Lipinski definition) is 1. The monoisotopic (exact) mass is 315 g/mol. The number of aryl methyl sites for hydroxylation is 2. The zero-order chi connectivity index (χ0) is 16.6. The molecule has 0 bridgehead atoms. The third-order valence-corrected chi connectivity index (χ3v) is 3.81. The van der Waals surface area contributed by atoms with E-state index in [1.807, 2.05) is 6.07 Å². The van der Waals surface area contributed by atoms with Gasteiger partial charge in [-0.2, -0.15) is 0 Å². The molecule has 0 spiro atoms. The van der Waals surface area contributed by atoms with Crippen LogP contribution in [0, 0.1) is 13.8 Å². The van der Waals surface area contributed by atoms with Gasteiger partial charge in [-0.3, -0.25) is 4.79 Å². The molecule has 0 saturated carbocycles. The molecule has 23 heavy (non-hydrogen) atoms. The molecule has 0 saturated heterocycles. The fourth-order valence-electron chi connectivity index (χ4n) is 2.62. The molecule has 120 valence electrons. The van der Waals surface area contributed by atoms with E-state index in [1.54, 1.807) is 32.0 Å². The minimum atomic E-state index is -0.947. The normalized spacial score (nSPS) is 12.5. The predicted octanol–water partition coefficient (Wildman–Crippen LogP) is 2.83. The van der Waals surface area contributed by atoms with Crippen molar-refractivity contribution >= 4 is 16.9 Å². The van der Waals surface area contributed by atoms with Crippen LogP contribution in [0.25, 0.3) is 11.0 Å². The first-order valence-electron chi connectivity index (χ1n) is 7.19. The van der Waals surface area contributed by atoms with E-state index in [-0.39, 0.29) is 12.4 Å². The van der Waals surface area contributed by atoms with Gasteiger partial charge < -0.3 is 18.8 Å². The second-order valence-electron chi connectivity index (χ2n) is 5.41. The highest BCUT2D eigenvalue weighted by atomic mass is 16.5. The number of carbonyl (C=O) groups is 1. The van der Waals surface area contributed by atoms with Crippen molar-refractivity contribution in [2.75, 3.05) is 7.11 Å². The standard InChI is InChI=1S/C17H17NO5/c1-9-16(10(2)23-18-9)17(20)14-8-12-6-11(7-15(19)21-3)4-5-13(12)22-14/h4-6,8,17,20H,7H2,1-3H3. The van der Waals surface area contributed by atoms with Crippen LogP contribution in [0.3, 0.4) is 0 Å². The number of esters is 1. The summed E-state index contributed by atoms with van der Waals surface area (Å²) in [7, 11) is 1.36. The molecule has 3 rings (SSSR count). The predicted molar refractivity (Wildman–Crippen MR) is 82.0 cm³/mol. The average molecular weight is 315 g/mol. The van der Waals surface area contributed by atoms with Crippen LogP contribution in [0.15, 0.2) is 33.2 Å². The molecule has 0 aliphatic carbocycles. The summed E-state index contributed by atoms with van der Waals surface area (Å²) >= 11 is 0. The van der Waals surface area contributed by atoms with Crippen LogP contribution < -0.4 is 0 Å². The van der Waals surface area contributed by atoms with Crippen LogP contribution in [-0.2, 0) is 16.0 Å². The van der Waals surface area contributed by atoms with Gasteiger partial charge in [-0.15, -0.1) is 0 Å². The molecule has 1 N–H and O–H groups in total. The number of fused-ring (bicyclic) bond motifs is 1. The number of nitrogens with zero attached hydrogens (tertiary/aromatic N) is 1. The number of furan rings is 1. The molecule has 1 unspecified atom stereocenters. The summed E-state index contributed by atoms with van der Waals surface area (Å²) in [4.78, 5) is 11.4. The Kier molecular flexibility index (Phi) is 3.92. The van der Waals surface area contributed by atoms with E-state index in [0.29, 0.717) is 28.4 Å². The second-order valence-corrected chi connectivity index (χ2v) is 5.41. The number of ether oxygens (including phenoxy) is 1. The average Bonchev–Trinajstić information content (AvgIpc) is 3.09. The van der Waals surface area contributed by atoms with Crippen LogP contribution in [0.1, 0.15) is 34.4 Å². The van der Waals surface area contributed by atoms with E-state index in [1.165, 1.54) is 7.11 Å². The second kappa shape index (κ2) is 5.89. The van der Waals surface area contributed by atoms with Crippen molar-refractivity contribution in [2.45, 2.75) is 26.4 Å². The minimum Gasteiger partial charge on any atom is -0.469 e. The summed E-state index contributed by atoms with van der Waals surface area (Å²) in [6.45, 7) is 3.52. The van der Waals surface area contributed by atoms with Gasteiger partial charge in [-0.1, -0.05) is 11.2 Å². The SMILES string of the molecule is COC(=O)Cc1ccc2oc(C(O)c3c(C)noc3C)cc2c1. The molecule has 0 amide bonds. The highest BCUT2D eigenvalue weighted by Crippen LogP contribution is 2.31. The minimum absolute atomic E-state index is 0.194. The first-order valence-corrected chi connectivity index (χ1v) is 7.19. The van der Waals surface area contributed by atoms with E-state index >= 15 is 0 Å². The van der Waals surface area contributed by atoms with Gasteiger partial charge in [0.1, 0.15) is 23.2 Å². The van der Waals surface area contributed by atoms with Crippen molar-refractivity contribution < 1.29 is 23.6 Å². The van der Waals surface area contributed by atoms with E-state index < -0.39 is 6.10 Å². The van der Waals surface area contributed by atoms with Crippen LogP contribution in [0.4, 0.5) is 0 Å². The third kappa shape index (κ3) is 2.85. The summed E-state index contributed by atoms with van der Waals surface area (Å²) in [5.74, 6) is 0.662. The highest BCUT2D eigenvalue weighted by molar-refractivity contribution is 5.81. The Labute approximate surface area is 132 Å². The van der Waals surface area contributed by atoms with Crippen molar-refractivity contribution in [1.82, 2.24) is 5.16 Å². The molecule has 0 radical (unpaired) electrons. The van der Waals surface area contributed by atoms with E-state index in [9.17, 15) is 9.90 Å². The molecule has 6 heteroatoms. The van der Waals surface area contributed by atoms with Crippen molar-refractivity contribution in [1.29, 1.82) is 0 Å². The Morgan fingerprint density at radius 3 is 2.78 bits per heavy atom. The lowest BCUT2D eigenvalue weighted by atomic mass is 10.1. The van der Waals surface area contributed by atoms with Crippen LogP contribution in [0.5, 0.6) is 0 Å². The van der Waals surface area contributed by atoms with Gasteiger partial charge in [0.15, 0.2) is 0 Å². The first-order chi connectivity index (χ1) is 11.0. The lowest BCUT2D eigenvalue weighted by Gasteiger charge is -2.06. The Bertz CT molecular complexity index is 842. The highest BCUT2D eigenvalue weighted by Gasteiger charge is 2.23. The number of benzene rings is 1. The Balaban J connectivity index is 1.95. The van der Waals surface area contributed by atoms with Gasteiger partial charge >= 0.3 is 5.97 Å². The maximum Gasteiger partial charge on any atom is 0.309 e. The number of carbonyl (C=O) groups excluding carboxylic acids is 1. The number of methoxy groups -OCH3 is 1. The van der Waals surface area contributed by atoms with Gasteiger partial charge in [0.2, 0.25) is 0 Å². The summed E-state index contributed by atoms with van der Waals surface area (Å²) in [5.41, 5.74) is 2.70. The molecule has 0 fully saturated rings. The summed E-state index contributed by atoms with van der Waals surface area (Å²) in [6.07, 6.45) is -0.753. The zero-order valence-corrected chi connectivity index (χ0v) is 13.1. The number of hydrogen-bond acceptors (Lipinski definition) is 6. The maximum atomic E-state index is 11.4. The van der Waals surface area contributed by atoms with Crippen molar-refractivity contribution in [2.24, 2.45) is 0 Å². The third-order valence-electron chi connectivity index (χ3n) is 3.81. The number of rotatable bonds is 4. The van der Waals surface area contributed by atoms with Gasteiger partial charge in [0, 0.05) is 5.39 Å². The van der Waals surface area contributed by atoms with Crippen molar-refractivity contribution in [3.05, 3.63) is 52.6 Å². The number of aromatic nitrogens is 1. The summed E-state index contributed by atoms with van der Waals surface area (Å²) in [5, 5.41) is 15.2. The number of aliphatic hydroxyl groups excluding tert-OH is 1. The van der Waals surface area contributed by atoms with Gasteiger partial charge in [-0.25, -0.2) is 0 Å². The summed E-state index contributed by atoms with van der Waals surface area (Å²) < 4.78 is 15.5. The Hall–Kier alpha value is -2.60. The van der Waals surface area contributed by atoms with Gasteiger partial charge in [0.25, 0.3) is 0 Å². The van der Waals surface area contributed by atoms with Crippen molar-refractivity contribution in [3.63, 3.8) is 0 Å².